The lowest BCUT2D eigenvalue weighted by molar-refractivity contribution is 0.199. The molecule has 1 aromatic rings. The summed E-state index contributed by atoms with van der Waals surface area (Å²) in [5, 5.41) is 12.3. The maximum absolute atomic E-state index is 8.76. The summed E-state index contributed by atoms with van der Waals surface area (Å²) in [6, 6.07) is 0. The molecule has 4 heteroatoms. The van der Waals surface area contributed by atoms with Crippen molar-refractivity contribution in [2.45, 2.75) is 38.5 Å². The van der Waals surface area contributed by atoms with Gasteiger partial charge in [-0.2, -0.15) is 0 Å². The van der Waals surface area contributed by atoms with Crippen LogP contribution in [0.2, 0.25) is 0 Å². The zero-order chi connectivity index (χ0) is 12.1. The van der Waals surface area contributed by atoms with E-state index in [9.17, 15) is 0 Å². The highest BCUT2D eigenvalue weighted by molar-refractivity contribution is 7.09. The van der Waals surface area contributed by atoms with E-state index in [1.54, 1.807) is 0 Å². The normalized spacial score (nSPS) is 18.7. The van der Waals surface area contributed by atoms with E-state index in [0.717, 1.165) is 25.1 Å². The summed E-state index contributed by atoms with van der Waals surface area (Å²) in [5.74, 6) is 0.683. The Morgan fingerprint density at radius 3 is 2.76 bits per heavy atom. The zero-order valence-corrected chi connectivity index (χ0v) is 11.4. The zero-order valence-electron chi connectivity index (χ0n) is 10.6. The molecule has 0 amide bonds. The first-order valence-corrected chi connectivity index (χ1v) is 7.43. The van der Waals surface area contributed by atoms with Crippen molar-refractivity contribution in [2.75, 3.05) is 26.2 Å². The second-order valence-electron chi connectivity index (χ2n) is 4.87. The summed E-state index contributed by atoms with van der Waals surface area (Å²) in [4.78, 5) is 7.12. The summed E-state index contributed by atoms with van der Waals surface area (Å²) in [5.41, 5.74) is 1.16. The molecule has 2 heterocycles. The predicted octanol–water partition coefficient (Wildman–Crippen LogP) is 2.40. The minimum atomic E-state index is 0.328. The van der Waals surface area contributed by atoms with Gasteiger partial charge in [-0.3, -0.25) is 0 Å². The van der Waals surface area contributed by atoms with Crippen LogP contribution in [-0.2, 0) is 0 Å². The Labute approximate surface area is 107 Å². The van der Waals surface area contributed by atoms with Crippen LogP contribution in [0.5, 0.6) is 0 Å². The van der Waals surface area contributed by atoms with Gasteiger partial charge in [0.15, 0.2) is 0 Å². The Morgan fingerprint density at radius 2 is 2.18 bits per heavy atom. The molecule has 1 aliphatic rings. The number of thiazole rings is 1. The van der Waals surface area contributed by atoms with Gasteiger partial charge in [0, 0.05) is 23.6 Å². The molecule has 0 unspecified atom stereocenters. The van der Waals surface area contributed by atoms with Gasteiger partial charge in [0.2, 0.25) is 0 Å². The van der Waals surface area contributed by atoms with E-state index in [-0.39, 0.29) is 0 Å². The molecular formula is C13H22N2OS. The largest absolute Gasteiger partial charge is 0.396 e. The maximum atomic E-state index is 8.76. The molecule has 1 aliphatic heterocycles. The minimum absolute atomic E-state index is 0.328. The summed E-state index contributed by atoms with van der Waals surface area (Å²) in [6.07, 6.45) is 4.54. The van der Waals surface area contributed by atoms with E-state index in [1.165, 1.54) is 30.9 Å². The van der Waals surface area contributed by atoms with Gasteiger partial charge in [-0.1, -0.05) is 0 Å². The molecule has 1 N–H and O–H groups in total. The van der Waals surface area contributed by atoms with Crippen LogP contribution in [0.15, 0.2) is 5.38 Å². The van der Waals surface area contributed by atoms with Crippen molar-refractivity contribution in [1.29, 1.82) is 0 Å². The number of likely N-dealkylation sites (tertiary alicyclic amines) is 1. The van der Waals surface area contributed by atoms with Crippen molar-refractivity contribution in [3.05, 3.63) is 16.1 Å². The summed E-state index contributed by atoms with van der Waals surface area (Å²) in [7, 11) is 0. The third-order valence-corrected chi connectivity index (χ3v) is 4.58. The number of hydrogen-bond donors (Lipinski definition) is 1. The van der Waals surface area contributed by atoms with E-state index in [1.807, 2.05) is 11.3 Å². The number of hydrogen-bond acceptors (Lipinski definition) is 4. The smallest absolute Gasteiger partial charge is 0.0960 e. The lowest BCUT2D eigenvalue weighted by Gasteiger charge is -2.30. The molecule has 0 radical (unpaired) electrons. The van der Waals surface area contributed by atoms with Crippen LogP contribution in [-0.4, -0.2) is 41.2 Å². The molecule has 0 atom stereocenters. The lowest BCUT2D eigenvalue weighted by Crippen LogP contribution is -2.33. The fourth-order valence-electron chi connectivity index (χ4n) is 2.41. The topological polar surface area (TPSA) is 36.4 Å². The maximum Gasteiger partial charge on any atom is 0.0960 e. The number of piperidine rings is 1. The van der Waals surface area contributed by atoms with Crippen LogP contribution in [0.25, 0.3) is 0 Å². The second-order valence-corrected chi connectivity index (χ2v) is 5.76. The molecule has 96 valence electrons. The van der Waals surface area contributed by atoms with Crippen molar-refractivity contribution in [2.24, 2.45) is 0 Å². The molecular weight excluding hydrogens is 232 g/mol. The number of aryl methyl sites for hydroxylation is 1. The average Bonchev–Trinajstić information content (AvgIpc) is 2.77. The van der Waals surface area contributed by atoms with Gasteiger partial charge in [-0.15, -0.1) is 11.3 Å². The van der Waals surface area contributed by atoms with Gasteiger partial charge in [0.25, 0.3) is 0 Å². The highest BCUT2D eigenvalue weighted by atomic mass is 32.1. The molecule has 1 fully saturated rings. The first kappa shape index (κ1) is 13.0. The van der Waals surface area contributed by atoms with Gasteiger partial charge in [-0.25, -0.2) is 4.98 Å². The minimum Gasteiger partial charge on any atom is -0.396 e. The number of unbranched alkanes of at least 4 members (excludes halogenated alkanes) is 1. The summed E-state index contributed by atoms with van der Waals surface area (Å²) >= 11 is 1.82. The standard InChI is InChI=1S/C13H22N2OS/c1-11-10-17-13(14-11)12-4-7-15(8-5-12)6-2-3-9-16/h10,12,16H,2-9H2,1H3. The highest BCUT2D eigenvalue weighted by Gasteiger charge is 2.22. The Bertz CT molecular complexity index is 332. The molecule has 1 saturated heterocycles. The monoisotopic (exact) mass is 254 g/mol. The van der Waals surface area contributed by atoms with Crippen LogP contribution < -0.4 is 0 Å². The van der Waals surface area contributed by atoms with Gasteiger partial charge < -0.3 is 10.0 Å². The molecule has 0 bridgehead atoms. The highest BCUT2D eigenvalue weighted by Crippen LogP contribution is 2.30. The van der Waals surface area contributed by atoms with Crippen molar-refractivity contribution < 1.29 is 5.11 Å². The van der Waals surface area contributed by atoms with Crippen LogP contribution in [0, 0.1) is 6.92 Å². The Balaban J connectivity index is 1.74. The number of nitrogens with zero attached hydrogens (tertiary/aromatic N) is 2. The summed E-state index contributed by atoms with van der Waals surface area (Å²) < 4.78 is 0. The van der Waals surface area contributed by atoms with E-state index in [4.69, 9.17) is 5.11 Å². The van der Waals surface area contributed by atoms with E-state index >= 15 is 0 Å². The Kier molecular flexibility index (Phi) is 4.95. The molecule has 0 aliphatic carbocycles. The number of aliphatic hydroxyl groups excluding tert-OH is 1. The average molecular weight is 254 g/mol. The van der Waals surface area contributed by atoms with E-state index < -0.39 is 0 Å². The number of rotatable bonds is 5. The number of aliphatic hydroxyl groups is 1. The van der Waals surface area contributed by atoms with Crippen molar-refractivity contribution in [1.82, 2.24) is 9.88 Å². The molecule has 0 saturated carbocycles. The van der Waals surface area contributed by atoms with Gasteiger partial charge in [0.1, 0.15) is 0 Å². The SMILES string of the molecule is Cc1csc(C2CCN(CCCCO)CC2)n1. The molecule has 0 aromatic carbocycles. The van der Waals surface area contributed by atoms with Crippen molar-refractivity contribution >= 4 is 11.3 Å². The molecule has 0 spiro atoms. The fourth-order valence-corrected chi connectivity index (χ4v) is 3.38. The molecule has 2 rings (SSSR count). The third-order valence-electron chi connectivity index (χ3n) is 3.46. The van der Waals surface area contributed by atoms with Gasteiger partial charge in [0.05, 0.1) is 5.01 Å². The predicted molar refractivity (Wildman–Crippen MR) is 71.6 cm³/mol. The van der Waals surface area contributed by atoms with E-state index in [0.29, 0.717) is 12.5 Å². The molecule has 1 aromatic heterocycles. The first-order chi connectivity index (χ1) is 8.29. The van der Waals surface area contributed by atoms with Gasteiger partial charge in [-0.05, 0) is 52.2 Å². The summed E-state index contributed by atoms with van der Waals surface area (Å²) in [6.45, 7) is 5.92. The molecule has 3 nitrogen and oxygen atoms in total. The van der Waals surface area contributed by atoms with Crippen molar-refractivity contribution in [3.63, 3.8) is 0 Å². The van der Waals surface area contributed by atoms with Gasteiger partial charge >= 0.3 is 0 Å². The van der Waals surface area contributed by atoms with Crippen LogP contribution in [0.1, 0.15) is 42.3 Å². The fraction of sp³-hybridized carbons (Fsp3) is 0.769. The van der Waals surface area contributed by atoms with Crippen molar-refractivity contribution in [3.8, 4) is 0 Å². The van der Waals surface area contributed by atoms with Crippen LogP contribution >= 0.6 is 11.3 Å². The molecule has 17 heavy (non-hydrogen) atoms. The quantitative estimate of drug-likeness (QED) is 0.820. The lowest BCUT2D eigenvalue weighted by atomic mass is 9.97. The second kappa shape index (κ2) is 6.47. The Morgan fingerprint density at radius 1 is 1.41 bits per heavy atom. The number of aromatic nitrogens is 1. The first-order valence-electron chi connectivity index (χ1n) is 6.55. The Hall–Kier alpha value is -0.450. The van der Waals surface area contributed by atoms with E-state index in [2.05, 4.69) is 22.2 Å². The van der Waals surface area contributed by atoms with Crippen LogP contribution in [0.3, 0.4) is 0 Å². The van der Waals surface area contributed by atoms with Crippen LogP contribution in [0.4, 0.5) is 0 Å². The third kappa shape index (κ3) is 3.76.